The largest absolute Gasteiger partial charge is 0.352 e. The number of rotatable bonds is 2. The molecule has 0 saturated heterocycles. The monoisotopic (exact) mass is 261 g/mol. The van der Waals surface area contributed by atoms with Gasteiger partial charge in [0.2, 0.25) is 5.91 Å². The maximum atomic E-state index is 11.5. The highest BCUT2D eigenvalue weighted by Crippen LogP contribution is 2.17. The van der Waals surface area contributed by atoms with Gasteiger partial charge in [0, 0.05) is 6.04 Å². The van der Waals surface area contributed by atoms with Gasteiger partial charge in [-0.15, -0.1) is 0 Å². The van der Waals surface area contributed by atoms with E-state index in [2.05, 4.69) is 21.2 Å². The van der Waals surface area contributed by atoms with Crippen LogP contribution >= 0.6 is 15.9 Å². The molecule has 2 nitrogen and oxygen atoms in total. The molecule has 1 amide bonds. The average molecular weight is 262 g/mol. The summed E-state index contributed by atoms with van der Waals surface area (Å²) in [6.45, 7) is 1.87. The van der Waals surface area contributed by atoms with E-state index in [0.717, 1.165) is 12.8 Å². The van der Waals surface area contributed by atoms with Crippen molar-refractivity contribution in [2.24, 2.45) is 0 Å². The van der Waals surface area contributed by atoms with Crippen LogP contribution in [0, 0.1) is 0 Å². The molecular formula is C11H20BrNO. The van der Waals surface area contributed by atoms with E-state index in [0.29, 0.717) is 6.04 Å². The normalized spacial score (nSPS) is 22.1. The van der Waals surface area contributed by atoms with Gasteiger partial charge in [0.25, 0.3) is 0 Å². The number of carbonyl (C=O) groups is 1. The minimum atomic E-state index is -0.0621. The lowest BCUT2D eigenvalue weighted by molar-refractivity contribution is -0.121. The lowest BCUT2D eigenvalue weighted by Gasteiger charge is -2.21. The first-order chi connectivity index (χ1) is 6.70. The molecule has 1 rings (SSSR count). The van der Waals surface area contributed by atoms with Crippen LogP contribution in [0.4, 0.5) is 0 Å². The highest BCUT2D eigenvalue weighted by atomic mass is 79.9. The second-order valence-electron chi connectivity index (χ2n) is 4.17. The van der Waals surface area contributed by atoms with Gasteiger partial charge in [-0.2, -0.15) is 0 Å². The molecule has 0 aromatic rings. The average Bonchev–Trinajstić information content (AvgIpc) is 2.08. The summed E-state index contributed by atoms with van der Waals surface area (Å²) in [5, 5.41) is 3.10. The Morgan fingerprint density at radius 2 is 1.71 bits per heavy atom. The van der Waals surface area contributed by atoms with E-state index in [-0.39, 0.29) is 10.7 Å². The quantitative estimate of drug-likeness (QED) is 0.761. The van der Waals surface area contributed by atoms with Crippen molar-refractivity contribution in [3.8, 4) is 0 Å². The fourth-order valence-corrected chi connectivity index (χ4v) is 2.05. The topological polar surface area (TPSA) is 29.1 Å². The van der Waals surface area contributed by atoms with E-state index in [9.17, 15) is 4.79 Å². The zero-order chi connectivity index (χ0) is 10.4. The van der Waals surface area contributed by atoms with Crippen LogP contribution in [0.3, 0.4) is 0 Å². The number of amides is 1. The van der Waals surface area contributed by atoms with Crippen LogP contribution in [-0.4, -0.2) is 16.8 Å². The van der Waals surface area contributed by atoms with E-state index in [1.54, 1.807) is 0 Å². The Morgan fingerprint density at radius 1 is 1.21 bits per heavy atom. The Kier molecular flexibility index (Phi) is 5.53. The summed E-state index contributed by atoms with van der Waals surface area (Å²) in [5.41, 5.74) is 0. The fraction of sp³-hybridized carbons (Fsp3) is 0.909. The maximum absolute atomic E-state index is 11.5. The van der Waals surface area contributed by atoms with Gasteiger partial charge >= 0.3 is 0 Å². The minimum Gasteiger partial charge on any atom is -0.352 e. The van der Waals surface area contributed by atoms with Crippen LogP contribution in [0.15, 0.2) is 0 Å². The molecule has 1 N–H and O–H groups in total. The fourth-order valence-electron chi connectivity index (χ4n) is 1.92. The van der Waals surface area contributed by atoms with Gasteiger partial charge < -0.3 is 5.32 Å². The molecule has 1 aliphatic rings. The van der Waals surface area contributed by atoms with Crippen LogP contribution in [0.25, 0.3) is 0 Å². The first kappa shape index (κ1) is 12.0. The van der Waals surface area contributed by atoms with E-state index in [4.69, 9.17) is 0 Å². The lowest BCUT2D eigenvalue weighted by atomic mass is 9.97. The van der Waals surface area contributed by atoms with Gasteiger partial charge in [0.15, 0.2) is 0 Å². The third kappa shape index (κ3) is 4.45. The van der Waals surface area contributed by atoms with Crippen molar-refractivity contribution in [3.63, 3.8) is 0 Å². The second kappa shape index (κ2) is 6.44. The Bertz CT molecular complexity index is 174. The molecule has 0 bridgehead atoms. The summed E-state index contributed by atoms with van der Waals surface area (Å²) < 4.78 is 0. The lowest BCUT2D eigenvalue weighted by Crippen LogP contribution is -2.38. The molecule has 82 valence electrons. The zero-order valence-electron chi connectivity index (χ0n) is 8.89. The summed E-state index contributed by atoms with van der Waals surface area (Å²) >= 11 is 3.29. The van der Waals surface area contributed by atoms with Gasteiger partial charge in [-0.05, 0) is 19.8 Å². The number of nitrogens with one attached hydrogen (secondary N) is 1. The predicted octanol–water partition coefficient (Wildman–Crippen LogP) is 3.00. The van der Waals surface area contributed by atoms with Crippen LogP contribution in [0.1, 0.15) is 51.9 Å². The molecule has 0 aromatic heterocycles. The van der Waals surface area contributed by atoms with Crippen LogP contribution in [-0.2, 0) is 4.79 Å². The molecule has 1 fully saturated rings. The summed E-state index contributed by atoms with van der Waals surface area (Å²) in [7, 11) is 0. The van der Waals surface area contributed by atoms with Gasteiger partial charge in [-0.3, -0.25) is 4.79 Å². The van der Waals surface area contributed by atoms with Crippen molar-refractivity contribution in [3.05, 3.63) is 0 Å². The SMILES string of the molecule is CC(Br)C(=O)NC1CCCCCCC1. The molecule has 1 aliphatic carbocycles. The molecule has 0 aliphatic heterocycles. The van der Waals surface area contributed by atoms with E-state index < -0.39 is 0 Å². The summed E-state index contributed by atoms with van der Waals surface area (Å²) in [6.07, 6.45) is 8.88. The Balaban J connectivity index is 2.30. The van der Waals surface area contributed by atoms with E-state index in [1.165, 1.54) is 32.1 Å². The molecule has 0 heterocycles. The van der Waals surface area contributed by atoms with Crippen molar-refractivity contribution in [1.82, 2.24) is 5.32 Å². The molecule has 14 heavy (non-hydrogen) atoms. The van der Waals surface area contributed by atoms with E-state index in [1.807, 2.05) is 6.92 Å². The standard InChI is InChI=1S/C11H20BrNO/c1-9(12)11(14)13-10-7-5-3-2-4-6-8-10/h9-10H,2-8H2,1H3,(H,13,14). The first-order valence-corrected chi connectivity index (χ1v) is 6.56. The second-order valence-corrected chi connectivity index (χ2v) is 5.54. The third-order valence-electron chi connectivity index (χ3n) is 2.81. The molecule has 1 atom stereocenters. The minimum absolute atomic E-state index is 0.0621. The highest BCUT2D eigenvalue weighted by molar-refractivity contribution is 9.10. The number of alkyl halides is 1. The number of halogens is 1. The van der Waals surface area contributed by atoms with Crippen LogP contribution < -0.4 is 5.32 Å². The van der Waals surface area contributed by atoms with Crippen molar-refractivity contribution in [2.75, 3.05) is 0 Å². The summed E-state index contributed by atoms with van der Waals surface area (Å²) in [4.78, 5) is 11.4. The van der Waals surface area contributed by atoms with Gasteiger partial charge in [-0.1, -0.05) is 48.0 Å². The van der Waals surface area contributed by atoms with Crippen molar-refractivity contribution in [2.45, 2.75) is 62.7 Å². The molecule has 0 spiro atoms. The number of hydrogen-bond donors (Lipinski definition) is 1. The van der Waals surface area contributed by atoms with E-state index >= 15 is 0 Å². The van der Waals surface area contributed by atoms with Crippen LogP contribution in [0.2, 0.25) is 0 Å². The van der Waals surface area contributed by atoms with Crippen LogP contribution in [0.5, 0.6) is 0 Å². The van der Waals surface area contributed by atoms with Gasteiger partial charge in [0.05, 0.1) is 4.83 Å². The molecule has 0 radical (unpaired) electrons. The van der Waals surface area contributed by atoms with Crippen molar-refractivity contribution < 1.29 is 4.79 Å². The third-order valence-corrected chi connectivity index (χ3v) is 3.23. The maximum Gasteiger partial charge on any atom is 0.233 e. The summed E-state index contributed by atoms with van der Waals surface area (Å²) in [6, 6.07) is 0.419. The number of carbonyl (C=O) groups excluding carboxylic acids is 1. The Labute approximate surface area is 95.0 Å². The first-order valence-electron chi connectivity index (χ1n) is 5.64. The smallest absolute Gasteiger partial charge is 0.233 e. The van der Waals surface area contributed by atoms with Gasteiger partial charge in [-0.25, -0.2) is 0 Å². The highest BCUT2D eigenvalue weighted by Gasteiger charge is 2.16. The molecule has 1 saturated carbocycles. The molecular weight excluding hydrogens is 242 g/mol. The van der Waals surface area contributed by atoms with Crippen molar-refractivity contribution >= 4 is 21.8 Å². The predicted molar refractivity (Wildman–Crippen MR) is 62.6 cm³/mol. The molecule has 0 aromatic carbocycles. The Morgan fingerprint density at radius 3 is 2.21 bits per heavy atom. The van der Waals surface area contributed by atoms with Crippen molar-refractivity contribution in [1.29, 1.82) is 0 Å². The Hall–Kier alpha value is -0.0500. The zero-order valence-corrected chi connectivity index (χ0v) is 10.5. The molecule has 3 heteroatoms. The summed E-state index contributed by atoms with van der Waals surface area (Å²) in [5.74, 6) is 0.135. The molecule has 1 unspecified atom stereocenters. The number of hydrogen-bond acceptors (Lipinski definition) is 1. The van der Waals surface area contributed by atoms with Gasteiger partial charge in [0.1, 0.15) is 0 Å².